The van der Waals surface area contributed by atoms with Crippen molar-refractivity contribution < 1.29 is 23.8 Å². The molecular formula is C21H23NO5. The number of nitrogens with zero attached hydrogens (tertiary/aromatic N) is 1. The van der Waals surface area contributed by atoms with Gasteiger partial charge in [-0.05, 0) is 36.5 Å². The highest BCUT2D eigenvalue weighted by molar-refractivity contribution is 5.92. The van der Waals surface area contributed by atoms with Crippen molar-refractivity contribution in [3.05, 3.63) is 53.3 Å². The number of carbonyl (C=O) groups excluding carboxylic acids is 2. The van der Waals surface area contributed by atoms with E-state index < -0.39 is 11.9 Å². The molecule has 0 unspecified atom stereocenters. The first kappa shape index (κ1) is 18.9. The molecule has 1 aromatic heterocycles. The Bertz CT molecular complexity index is 776. The molecule has 142 valence electrons. The Balaban J connectivity index is 1.81. The normalized spacial score (nSPS) is 14.4. The van der Waals surface area contributed by atoms with Crippen LogP contribution < -0.4 is 4.74 Å². The zero-order valence-corrected chi connectivity index (χ0v) is 15.6. The molecule has 0 atom stereocenters. The molecule has 27 heavy (non-hydrogen) atoms. The van der Waals surface area contributed by atoms with E-state index in [2.05, 4.69) is 26.6 Å². The second kappa shape index (κ2) is 8.66. The maximum Gasteiger partial charge on any atom is 0.356 e. The lowest BCUT2D eigenvalue weighted by Crippen LogP contribution is -2.11. The summed E-state index contributed by atoms with van der Waals surface area (Å²) < 4.78 is 15.2. The summed E-state index contributed by atoms with van der Waals surface area (Å²) in [6.45, 7) is 0. The Labute approximate surface area is 158 Å². The van der Waals surface area contributed by atoms with Gasteiger partial charge in [0, 0.05) is 12.1 Å². The number of pyridine rings is 1. The summed E-state index contributed by atoms with van der Waals surface area (Å²) in [7, 11) is 2.50. The molecule has 3 rings (SSSR count). The fraction of sp³-hybridized carbons (Fsp3) is 0.381. The number of benzene rings is 1. The minimum atomic E-state index is -0.654. The third-order valence-corrected chi connectivity index (χ3v) is 4.78. The SMILES string of the molecule is COC(=O)c1cc(Oc2ccc(C3CCCCC3)cc2)cc(C(=O)OC)n1. The highest BCUT2D eigenvalue weighted by Gasteiger charge is 2.18. The van der Waals surface area contributed by atoms with Gasteiger partial charge in [-0.2, -0.15) is 0 Å². The third kappa shape index (κ3) is 4.64. The predicted molar refractivity (Wildman–Crippen MR) is 99.3 cm³/mol. The molecule has 0 aliphatic heterocycles. The van der Waals surface area contributed by atoms with Crippen LogP contribution in [0.2, 0.25) is 0 Å². The molecule has 6 heteroatoms. The van der Waals surface area contributed by atoms with Gasteiger partial charge in [-0.1, -0.05) is 31.4 Å². The second-order valence-electron chi connectivity index (χ2n) is 6.56. The Morgan fingerprint density at radius 3 is 1.93 bits per heavy atom. The molecule has 0 spiro atoms. The van der Waals surface area contributed by atoms with Crippen LogP contribution in [0.1, 0.15) is 64.6 Å². The Kier molecular flexibility index (Phi) is 6.06. The summed E-state index contributed by atoms with van der Waals surface area (Å²) in [6.07, 6.45) is 6.36. The average molecular weight is 369 g/mol. The van der Waals surface area contributed by atoms with Gasteiger partial charge in [0.05, 0.1) is 14.2 Å². The lowest BCUT2D eigenvalue weighted by molar-refractivity contribution is 0.0585. The molecule has 1 heterocycles. The number of esters is 2. The van der Waals surface area contributed by atoms with Crippen LogP contribution in [0.4, 0.5) is 0 Å². The highest BCUT2D eigenvalue weighted by atomic mass is 16.5. The standard InChI is InChI=1S/C21H23NO5/c1-25-20(23)18-12-17(13-19(22-18)21(24)26-2)27-16-10-8-15(9-11-16)14-6-4-3-5-7-14/h8-14H,3-7H2,1-2H3. The summed E-state index contributed by atoms with van der Waals surface area (Å²) in [5.74, 6) is 0.241. The van der Waals surface area contributed by atoms with Crippen molar-refractivity contribution in [3.63, 3.8) is 0 Å². The summed E-state index contributed by atoms with van der Waals surface area (Å²) in [4.78, 5) is 27.6. The van der Waals surface area contributed by atoms with Crippen LogP contribution in [0.3, 0.4) is 0 Å². The number of hydrogen-bond acceptors (Lipinski definition) is 6. The van der Waals surface area contributed by atoms with E-state index in [1.54, 1.807) is 0 Å². The van der Waals surface area contributed by atoms with Gasteiger partial charge >= 0.3 is 11.9 Å². The van der Waals surface area contributed by atoms with E-state index in [9.17, 15) is 9.59 Å². The number of methoxy groups -OCH3 is 2. The summed E-state index contributed by atoms with van der Waals surface area (Å²) in [5, 5.41) is 0. The average Bonchev–Trinajstić information content (AvgIpc) is 2.73. The zero-order chi connectivity index (χ0) is 19.2. The van der Waals surface area contributed by atoms with Gasteiger partial charge in [0.2, 0.25) is 0 Å². The third-order valence-electron chi connectivity index (χ3n) is 4.78. The first-order valence-electron chi connectivity index (χ1n) is 9.07. The number of hydrogen-bond donors (Lipinski definition) is 0. The van der Waals surface area contributed by atoms with E-state index in [0.29, 0.717) is 17.4 Å². The lowest BCUT2D eigenvalue weighted by atomic mass is 9.84. The van der Waals surface area contributed by atoms with Crippen molar-refractivity contribution >= 4 is 11.9 Å². The van der Waals surface area contributed by atoms with Crippen LogP contribution in [-0.4, -0.2) is 31.1 Å². The second-order valence-corrected chi connectivity index (χ2v) is 6.56. The van der Waals surface area contributed by atoms with Crippen LogP contribution in [0.5, 0.6) is 11.5 Å². The largest absolute Gasteiger partial charge is 0.464 e. The van der Waals surface area contributed by atoms with E-state index in [-0.39, 0.29) is 11.4 Å². The van der Waals surface area contributed by atoms with E-state index in [0.717, 1.165) is 0 Å². The maximum atomic E-state index is 11.8. The van der Waals surface area contributed by atoms with Gasteiger partial charge < -0.3 is 14.2 Å². The van der Waals surface area contributed by atoms with Crippen molar-refractivity contribution in [2.45, 2.75) is 38.0 Å². The van der Waals surface area contributed by atoms with Gasteiger partial charge in [-0.3, -0.25) is 0 Å². The number of ether oxygens (including phenoxy) is 3. The smallest absolute Gasteiger partial charge is 0.356 e. The van der Waals surface area contributed by atoms with E-state index in [1.165, 1.54) is 64.0 Å². The van der Waals surface area contributed by atoms with Gasteiger partial charge in [0.25, 0.3) is 0 Å². The van der Waals surface area contributed by atoms with Crippen LogP contribution in [-0.2, 0) is 9.47 Å². The Morgan fingerprint density at radius 2 is 1.41 bits per heavy atom. The summed E-state index contributed by atoms with van der Waals surface area (Å²) in [5.41, 5.74) is 1.28. The molecule has 0 radical (unpaired) electrons. The summed E-state index contributed by atoms with van der Waals surface area (Å²) >= 11 is 0. The van der Waals surface area contributed by atoms with E-state index in [4.69, 9.17) is 4.74 Å². The van der Waals surface area contributed by atoms with Gasteiger partial charge in [-0.25, -0.2) is 14.6 Å². The minimum Gasteiger partial charge on any atom is -0.464 e. The molecule has 1 aromatic carbocycles. The van der Waals surface area contributed by atoms with Crippen molar-refractivity contribution in [2.24, 2.45) is 0 Å². The monoisotopic (exact) mass is 369 g/mol. The topological polar surface area (TPSA) is 74.7 Å². The van der Waals surface area contributed by atoms with Crippen LogP contribution in [0, 0.1) is 0 Å². The molecule has 0 bridgehead atoms. The maximum absolute atomic E-state index is 11.8. The molecular weight excluding hydrogens is 346 g/mol. The van der Waals surface area contributed by atoms with Crippen LogP contribution in [0.15, 0.2) is 36.4 Å². The van der Waals surface area contributed by atoms with Gasteiger partial charge in [0.15, 0.2) is 11.4 Å². The van der Waals surface area contributed by atoms with Crippen molar-refractivity contribution in [2.75, 3.05) is 14.2 Å². The number of carbonyl (C=O) groups is 2. The molecule has 2 aromatic rings. The molecule has 1 aliphatic rings. The quantitative estimate of drug-likeness (QED) is 0.723. The van der Waals surface area contributed by atoms with Crippen molar-refractivity contribution in [1.29, 1.82) is 0 Å². The molecule has 0 N–H and O–H groups in total. The predicted octanol–water partition coefficient (Wildman–Crippen LogP) is 4.49. The number of aromatic nitrogens is 1. The van der Waals surface area contributed by atoms with Crippen molar-refractivity contribution in [3.8, 4) is 11.5 Å². The molecule has 6 nitrogen and oxygen atoms in total. The van der Waals surface area contributed by atoms with Gasteiger partial charge in [-0.15, -0.1) is 0 Å². The Hall–Kier alpha value is -2.89. The molecule has 0 saturated heterocycles. The van der Waals surface area contributed by atoms with Crippen LogP contribution >= 0.6 is 0 Å². The van der Waals surface area contributed by atoms with E-state index in [1.807, 2.05) is 12.1 Å². The van der Waals surface area contributed by atoms with Gasteiger partial charge in [0.1, 0.15) is 11.5 Å². The lowest BCUT2D eigenvalue weighted by Gasteiger charge is -2.22. The molecule has 1 saturated carbocycles. The first-order chi connectivity index (χ1) is 13.1. The fourth-order valence-corrected chi connectivity index (χ4v) is 3.36. The van der Waals surface area contributed by atoms with Crippen molar-refractivity contribution in [1.82, 2.24) is 4.98 Å². The highest BCUT2D eigenvalue weighted by Crippen LogP contribution is 2.34. The molecule has 1 aliphatic carbocycles. The summed E-state index contributed by atoms with van der Waals surface area (Å²) in [6, 6.07) is 10.8. The van der Waals surface area contributed by atoms with Crippen LogP contribution in [0.25, 0.3) is 0 Å². The number of rotatable bonds is 5. The molecule has 0 amide bonds. The first-order valence-corrected chi connectivity index (χ1v) is 9.07. The Morgan fingerprint density at radius 1 is 0.852 bits per heavy atom. The van der Waals surface area contributed by atoms with E-state index >= 15 is 0 Å². The minimum absolute atomic E-state index is 0.0192. The fourth-order valence-electron chi connectivity index (χ4n) is 3.36. The molecule has 1 fully saturated rings. The zero-order valence-electron chi connectivity index (χ0n) is 15.6.